The molecule has 1 N–H and O–H groups in total. The molecule has 1 aliphatic rings. The molecule has 1 aromatic carbocycles. The zero-order valence-corrected chi connectivity index (χ0v) is 13.1. The fourth-order valence-electron chi connectivity index (χ4n) is 2.71. The van der Waals surface area contributed by atoms with Crippen molar-refractivity contribution in [2.75, 3.05) is 13.7 Å². The summed E-state index contributed by atoms with van der Waals surface area (Å²) >= 11 is 0. The van der Waals surface area contributed by atoms with Crippen LogP contribution < -0.4 is 14.8 Å². The molecule has 0 spiro atoms. The van der Waals surface area contributed by atoms with Gasteiger partial charge < -0.3 is 14.8 Å². The van der Waals surface area contributed by atoms with E-state index in [0.717, 1.165) is 25.7 Å². The summed E-state index contributed by atoms with van der Waals surface area (Å²) < 4.78 is 10.6. The fraction of sp³-hybridized carbons (Fsp3) is 0.471. The molecule has 1 aliphatic carbocycles. The number of nitrogens with zero attached hydrogens (tertiary/aromatic N) is 1. The van der Waals surface area contributed by atoms with E-state index in [1.54, 1.807) is 18.2 Å². The summed E-state index contributed by atoms with van der Waals surface area (Å²) in [7, 11) is 1.49. The molecule has 0 radical (unpaired) electrons. The van der Waals surface area contributed by atoms with Crippen molar-refractivity contribution < 1.29 is 14.3 Å². The first-order chi connectivity index (χ1) is 11.2. The molecule has 122 valence electrons. The van der Waals surface area contributed by atoms with E-state index in [0.29, 0.717) is 17.1 Å². The third-order valence-corrected chi connectivity index (χ3v) is 3.92. The minimum absolute atomic E-state index is 0.122. The number of amides is 1. The van der Waals surface area contributed by atoms with Crippen molar-refractivity contribution in [2.24, 2.45) is 5.18 Å². The molecule has 1 aromatic rings. The highest BCUT2D eigenvalue weighted by molar-refractivity contribution is 5.95. The summed E-state index contributed by atoms with van der Waals surface area (Å²) in [6.45, 7) is 0.122. The van der Waals surface area contributed by atoms with E-state index in [1.807, 2.05) is 0 Å². The van der Waals surface area contributed by atoms with Crippen LogP contribution in [0.2, 0.25) is 0 Å². The lowest BCUT2D eigenvalue weighted by molar-refractivity contribution is 0.0921. The number of carbonyl (C=O) groups is 1. The first-order valence-corrected chi connectivity index (χ1v) is 7.57. The van der Waals surface area contributed by atoms with Gasteiger partial charge in [-0.05, 0) is 31.0 Å². The van der Waals surface area contributed by atoms with E-state index in [4.69, 9.17) is 15.9 Å². The Morgan fingerprint density at radius 1 is 1.39 bits per heavy atom. The molecule has 0 aliphatic heterocycles. The van der Waals surface area contributed by atoms with Gasteiger partial charge in [-0.2, -0.15) is 4.91 Å². The highest BCUT2D eigenvalue weighted by Gasteiger charge is 2.27. The van der Waals surface area contributed by atoms with Crippen molar-refractivity contribution in [3.05, 3.63) is 28.7 Å². The third-order valence-electron chi connectivity index (χ3n) is 3.92. The number of benzene rings is 1. The van der Waals surface area contributed by atoms with E-state index < -0.39 is 0 Å². The lowest BCUT2D eigenvalue weighted by atomic mass is 9.91. The Labute approximate surface area is 135 Å². The van der Waals surface area contributed by atoms with Crippen LogP contribution in [-0.4, -0.2) is 31.7 Å². The number of nitrogens with one attached hydrogen (secondary N) is 1. The average molecular weight is 316 g/mol. The molecule has 0 saturated heterocycles. The molecular weight excluding hydrogens is 296 g/mol. The molecule has 0 heterocycles. The van der Waals surface area contributed by atoms with Crippen LogP contribution >= 0.6 is 0 Å². The summed E-state index contributed by atoms with van der Waals surface area (Å²) in [5, 5.41) is 6.02. The molecule has 23 heavy (non-hydrogen) atoms. The first kappa shape index (κ1) is 16.8. The molecule has 1 fully saturated rings. The van der Waals surface area contributed by atoms with Crippen molar-refractivity contribution >= 4 is 5.91 Å². The highest BCUT2D eigenvalue weighted by atomic mass is 16.5. The second-order valence-corrected chi connectivity index (χ2v) is 5.40. The zero-order chi connectivity index (χ0) is 16.7. The Hall–Kier alpha value is -2.55. The van der Waals surface area contributed by atoms with Crippen molar-refractivity contribution in [1.29, 1.82) is 0 Å². The maximum atomic E-state index is 12.4. The van der Waals surface area contributed by atoms with Crippen molar-refractivity contribution in [2.45, 2.75) is 37.8 Å². The smallest absolute Gasteiger partial charge is 0.251 e. The maximum absolute atomic E-state index is 12.4. The molecule has 1 amide bonds. The van der Waals surface area contributed by atoms with Crippen LogP contribution in [0.15, 0.2) is 23.4 Å². The van der Waals surface area contributed by atoms with Crippen molar-refractivity contribution in [1.82, 2.24) is 5.32 Å². The van der Waals surface area contributed by atoms with E-state index in [1.165, 1.54) is 7.11 Å². The van der Waals surface area contributed by atoms with Gasteiger partial charge in [-0.15, -0.1) is 6.42 Å². The SMILES string of the molecule is C#CCOc1ccc(C(=O)NC2CCCCC2N=O)cc1OC. The van der Waals surface area contributed by atoms with Crippen LogP contribution in [0.25, 0.3) is 0 Å². The second-order valence-electron chi connectivity index (χ2n) is 5.40. The van der Waals surface area contributed by atoms with Crippen LogP contribution in [-0.2, 0) is 0 Å². The minimum Gasteiger partial charge on any atom is -0.493 e. The van der Waals surface area contributed by atoms with Crippen LogP contribution in [0.3, 0.4) is 0 Å². The van der Waals surface area contributed by atoms with Crippen LogP contribution in [0.4, 0.5) is 0 Å². The lowest BCUT2D eigenvalue weighted by Crippen LogP contribution is -2.44. The number of methoxy groups -OCH3 is 1. The number of rotatable bonds is 6. The van der Waals surface area contributed by atoms with E-state index in [2.05, 4.69) is 16.4 Å². The van der Waals surface area contributed by atoms with E-state index in [-0.39, 0.29) is 24.6 Å². The standard InChI is InChI=1S/C17H20N2O4/c1-3-10-23-15-9-8-12(11-16(15)22-2)17(20)18-13-6-4-5-7-14(13)19-21/h1,8-9,11,13-14H,4-7,10H2,2H3,(H,18,20). The number of ether oxygens (including phenoxy) is 2. The molecule has 1 saturated carbocycles. The first-order valence-electron chi connectivity index (χ1n) is 7.57. The molecule has 2 unspecified atom stereocenters. The topological polar surface area (TPSA) is 77.0 Å². The average Bonchev–Trinajstić information content (AvgIpc) is 2.60. The van der Waals surface area contributed by atoms with Gasteiger partial charge in [0, 0.05) is 5.56 Å². The van der Waals surface area contributed by atoms with Gasteiger partial charge in [-0.25, -0.2) is 0 Å². The van der Waals surface area contributed by atoms with Gasteiger partial charge in [0.25, 0.3) is 5.91 Å². The van der Waals surface area contributed by atoms with Gasteiger partial charge in [0.2, 0.25) is 0 Å². The monoisotopic (exact) mass is 316 g/mol. The second kappa shape index (κ2) is 8.18. The zero-order valence-electron chi connectivity index (χ0n) is 13.1. The molecule has 0 aromatic heterocycles. The van der Waals surface area contributed by atoms with Gasteiger partial charge >= 0.3 is 0 Å². The van der Waals surface area contributed by atoms with Crippen LogP contribution in [0.5, 0.6) is 11.5 Å². The van der Waals surface area contributed by atoms with Crippen molar-refractivity contribution in [3.8, 4) is 23.8 Å². The predicted octanol–water partition coefficient (Wildman–Crippen LogP) is 2.51. The number of nitroso groups, excluding NO2 is 1. The van der Waals surface area contributed by atoms with Crippen molar-refractivity contribution in [3.63, 3.8) is 0 Å². The van der Waals surface area contributed by atoms with Gasteiger partial charge in [0.1, 0.15) is 12.6 Å². The Morgan fingerprint density at radius 2 is 2.17 bits per heavy atom. The summed E-state index contributed by atoms with van der Waals surface area (Å²) in [6.07, 6.45) is 8.60. The number of hydrogen-bond donors (Lipinski definition) is 1. The third kappa shape index (κ3) is 4.22. The Balaban J connectivity index is 2.09. The summed E-state index contributed by atoms with van der Waals surface area (Å²) in [4.78, 5) is 23.3. The fourth-order valence-corrected chi connectivity index (χ4v) is 2.71. The largest absolute Gasteiger partial charge is 0.493 e. The quantitative estimate of drug-likeness (QED) is 0.646. The molecular formula is C17H20N2O4. The predicted molar refractivity (Wildman–Crippen MR) is 86.6 cm³/mol. The Morgan fingerprint density at radius 3 is 2.87 bits per heavy atom. The van der Waals surface area contributed by atoms with E-state index >= 15 is 0 Å². The molecule has 0 bridgehead atoms. The normalized spacial score (nSPS) is 20.2. The summed E-state index contributed by atoms with van der Waals surface area (Å²) in [6, 6.07) is 4.30. The lowest BCUT2D eigenvalue weighted by Gasteiger charge is -2.27. The Kier molecular flexibility index (Phi) is 5.98. The van der Waals surface area contributed by atoms with Gasteiger partial charge in [-0.3, -0.25) is 4.79 Å². The molecule has 6 nitrogen and oxygen atoms in total. The van der Waals surface area contributed by atoms with E-state index in [9.17, 15) is 9.70 Å². The Bertz CT molecular complexity index is 609. The van der Waals surface area contributed by atoms with Gasteiger partial charge in [-0.1, -0.05) is 23.9 Å². The number of hydrogen-bond acceptors (Lipinski definition) is 5. The van der Waals surface area contributed by atoms with Crippen LogP contribution in [0, 0.1) is 17.3 Å². The molecule has 2 atom stereocenters. The minimum atomic E-state index is -0.354. The van der Waals surface area contributed by atoms with Crippen LogP contribution in [0.1, 0.15) is 36.0 Å². The number of carbonyl (C=O) groups excluding carboxylic acids is 1. The maximum Gasteiger partial charge on any atom is 0.251 e. The molecule has 2 rings (SSSR count). The van der Waals surface area contributed by atoms with Gasteiger partial charge in [0.05, 0.1) is 13.2 Å². The summed E-state index contributed by atoms with van der Waals surface area (Å²) in [5.74, 6) is 3.03. The number of terminal acetylenes is 1. The highest BCUT2D eigenvalue weighted by Crippen LogP contribution is 2.28. The van der Waals surface area contributed by atoms with Gasteiger partial charge in [0.15, 0.2) is 11.5 Å². The summed E-state index contributed by atoms with van der Waals surface area (Å²) in [5.41, 5.74) is 0.435. The molecule has 6 heteroatoms.